The Morgan fingerprint density at radius 2 is 1.69 bits per heavy atom. The predicted octanol–water partition coefficient (Wildman–Crippen LogP) is 1.31. The van der Waals surface area contributed by atoms with Crippen molar-refractivity contribution in [1.29, 1.82) is 0 Å². The minimum atomic E-state index is -0.588. The van der Waals surface area contributed by atoms with Crippen LogP contribution in [0, 0.1) is 5.92 Å². The third kappa shape index (κ3) is 5.11. The molecule has 5 nitrogen and oxygen atoms in total. The third-order valence-electron chi connectivity index (χ3n) is 2.87. The molecule has 0 atom stereocenters. The largest absolute Gasteiger partial charge is 0.465 e. The summed E-state index contributed by atoms with van der Waals surface area (Å²) >= 11 is 0. The molecule has 0 saturated heterocycles. The maximum Gasteiger partial charge on any atom is 0.325 e. The second-order valence-corrected chi connectivity index (χ2v) is 4.18. The van der Waals surface area contributed by atoms with Crippen LogP contribution >= 0.6 is 0 Å². The van der Waals surface area contributed by atoms with Gasteiger partial charge >= 0.3 is 11.9 Å². The number of rotatable bonds is 5. The summed E-state index contributed by atoms with van der Waals surface area (Å²) in [5.41, 5.74) is 0. The molecule has 0 bridgehead atoms. The first-order chi connectivity index (χ1) is 7.72. The number of nitrogens with two attached hydrogens (primary N) is 1. The van der Waals surface area contributed by atoms with E-state index in [4.69, 9.17) is 4.74 Å². The summed E-state index contributed by atoms with van der Waals surface area (Å²) in [6, 6.07) is 0. The van der Waals surface area contributed by atoms with Gasteiger partial charge in [0, 0.05) is 0 Å². The Morgan fingerprint density at radius 1 is 1.06 bits per heavy atom. The van der Waals surface area contributed by atoms with E-state index in [9.17, 15) is 9.59 Å². The van der Waals surface area contributed by atoms with E-state index in [1.54, 1.807) is 0 Å². The maximum absolute atomic E-state index is 11.2. The molecule has 2 N–H and O–H groups in total. The van der Waals surface area contributed by atoms with E-state index >= 15 is 0 Å². The van der Waals surface area contributed by atoms with Gasteiger partial charge < -0.3 is 9.57 Å². The molecule has 1 saturated carbocycles. The summed E-state index contributed by atoms with van der Waals surface area (Å²) in [4.78, 5) is 25.9. The third-order valence-corrected chi connectivity index (χ3v) is 2.87. The van der Waals surface area contributed by atoms with Crippen LogP contribution in [0.3, 0.4) is 0 Å². The lowest BCUT2D eigenvalue weighted by molar-refractivity contribution is -0.151. The first-order valence-electron chi connectivity index (χ1n) is 5.77. The molecule has 92 valence electrons. The van der Waals surface area contributed by atoms with Gasteiger partial charge in [-0.1, -0.05) is 19.3 Å². The van der Waals surface area contributed by atoms with Crippen LogP contribution in [0.1, 0.15) is 44.9 Å². The topological polar surface area (TPSA) is 78.6 Å². The second kappa shape index (κ2) is 7.22. The van der Waals surface area contributed by atoms with Crippen molar-refractivity contribution in [2.24, 2.45) is 11.8 Å². The van der Waals surface area contributed by atoms with Crippen LogP contribution in [0.5, 0.6) is 0 Å². The quantitative estimate of drug-likeness (QED) is 0.568. The molecular formula is C11H19NO4. The molecule has 16 heavy (non-hydrogen) atoms. The van der Waals surface area contributed by atoms with E-state index in [1.165, 1.54) is 19.3 Å². The van der Waals surface area contributed by atoms with Crippen LogP contribution in [0.2, 0.25) is 0 Å². The van der Waals surface area contributed by atoms with Crippen molar-refractivity contribution in [3.63, 3.8) is 0 Å². The molecule has 0 spiro atoms. The number of carbonyl (C=O) groups excluding carboxylic acids is 2. The molecule has 5 heteroatoms. The average Bonchev–Trinajstić information content (AvgIpc) is 2.34. The highest BCUT2D eigenvalue weighted by atomic mass is 16.7. The lowest BCUT2D eigenvalue weighted by Gasteiger charge is -2.20. The Balaban J connectivity index is 2.07. The summed E-state index contributed by atoms with van der Waals surface area (Å²) in [6.07, 6.45) is 6.04. The minimum Gasteiger partial charge on any atom is -0.465 e. The normalized spacial score (nSPS) is 16.8. The van der Waals surface area contributed by atoms with Gasteiger partial charge in [-0.25, -0.2) is 0 Å². The number of ether oxygens (including phenoxy) is 1. The summed E-state index contributed by atoms with van der Waals surface area (Å²) in [5.74, 6) is 4.21. The summed E-state index contributed by atoms with van der Waals surface area (Å²) in [5, 5.41) is 0. The average molecular weight is 229 g/mol. The highest BCUT2D eigenvalue weighted by Gasteiger charge is 2.16. The van der Waals surface area contributed by atoms with Crippen LogP contribution in [0.4, 0.5) is 0 Å². The van der Waals surface area contributed by atoms with Crippen molar-refractivity contribution in [3.8, 4) is 0 Å². The zero-order valence-electron chi connectivity index (χ0n) is 9.44. The fraction of sp³-hybridized carbons (Fsp3) is 0.818. The van der Waals surface area contributed by atoms with E-state index in [1.807, 2.05) is 0 Å². The molecule has 1 fully saturated rings. The number of hydrogen-bond acceptors (Lipinski definition) is 5. The Kier molecular flexibility index (Phi) is 5.85. The lowest BCUT2D eigenvalue weighted by atomic mass is 9.90. The Morgan fingerprint density at radius 3 is 2.31 bits per heavy atom. The lowest BCUT2D eigenvalue weighted by Crippen LogP contribution is -2.18. The highest BCUT2D eigenvalue weighted by molar-refractivity contribution is 5.77. The van der Waals surface area contributed by atoms with E-state index < -0.39 is 5.97 Å². The van der Waals surface area contributed by atoms with Gasteiger partial charge in [-0.3, -0.25) is 9.59 Å². The van der Waals surface area contributed by atoms with Gasteiger partial charge in [-0.05, 0) is 18.8 Å². The van der Waals surface area contributed by atoms with Gasteiger partial charge in [0.25, 0.3) is 0 Å². The molecule has 0 aliphatic heterocycles. The number of carbonyl (C=O) groups is 2. The van der Waals surface area contributed by atoms with Crippen molar-refractivity contribution >= 4 is 11.9 Å². The first kappa shape index (κ1) is 13.0. The molecule has 0 aromatic heterocycles. The van der Waals surface area contributed by atoms with Crippen molar-refractivity contribution in [2.75, 3.05) is 6.61 Å². The summed E-state index contributed by atoms with van der Waals surface area (Å²) in [7, 11) is 0. The molecular weight excluding hydrogens is 210 g/mol. The van der Waals surface area contributed by atoms with E-state index in [2.05, 4.69) is 10.7 Å². The van der Waals surface area contributed by atoms with Gasteiger partial charge in [0.15, 0.2) is 0 Å². The zero-order chi connectivity index (χ0) is 11.8. The van der Waals surface area contributed by atoms with E-state index in [-0.39, 0.29) is 18.8 Å². The smallest absolute Gasteiger partial charge is 0.325 e. The maximum atomic E-state index is 11.2. The number of esters is 1. The SMILES string of the molecule is NOC(=O)CCC(=O)OCC1CCCCC1. The molecule has 0 radical (unpaired) electrons. The fourth-order valence-electron chi connectivity index (χ4n) is 1.90. The monoisotopic (exact) mass is 229 g/mol. The van der Waals surface area contributed by atoms with Crippen molar-refractivity contribution in [3.05, 3.63) is 0 Å². The van der Waals surface area contributed by atoms with Crippen molar-refractivity contribution in [2.45, 2.75) is 44.9 Å². The van der Waals surface area contributed by atoms with Crippen LogP contribution < -0.4 is 5.90 Å². The Labute approximate surface area is 95.2 Å². The van der Waals surface area contributed by atoms with Gasteiger partial charge in [0.05, 0.1) is 19.4 Å². The molecule has 1 aliphatic rings. The van der Waals surface area contributed by atoms with E-state index in [0.717, 1.165) is 12.8 Å². The zero-order valence-corrected chi connectivity index (χ0v) is 9.44. The van der Waals surface area contributed by atoms with Crippen LogP contribution in [-0.2, 0) is 19.2 Å². The second-order valence-electron chi connectivity index (χ2n) is 4.18. The Bertz CT molecular complexity index is 236. The highest BCUT2D eigenvalue weighted by Crippen LogP contribution is 2.23. The van der Waals surface area contributed by atoms with Gasteiger partial charge in [0.2, 0.25) is 0 Å². The standard InChI is InChI=1S/C11H19NO4/c12-16-11(14)7-6-10(13)15-8-9-4-2-1-3-5-9/h9H,1-8,12H2. The Hall–Kier alpha value is -1.10. The minimum absolute atomic E-state index is 0.0139. The van der Waals surface area contributed by atoms with E-state index in [0.29, 0.717) is 12.5 Å². The molecule has 0 heterocycles. The molecule has 0 amide bonds. The molecule has 0 aromatic carbocycles. The van der Waals surface area contributed by atoms with Gasteiger partial charge in [-0.15, -0.1) is 0 Å². The van der Waals surface area contributed by atoms with Crippen molar-refractivity contribution in [1.82, 2.24) is 0 Å². The molecule has 1 rings (SSSR count). The van der Waals surface area contributed by atoms with Gasteiger partial charge in [-0.2, -0.15) is 5.90 Å². The van der Waals surface area contributed by atoms with Crippen molar-refractivity contribution < 1.29 is 19.2 Å². The van der Waals surface area contributed by atoms with Crippen LogP contribution in [0.15, 0.2) is 0 Å². The fourth-order valence-corrected chi connectivity index (χ4v) is 1.90. The van der Waals surface area contributed by atoms with Gasteiger partial charge in [0.1, 0.15) is 0 Å². The number of hydrogen-bond donors (Lipinski definition) is 1. The first-order valence-corrected chi connectivity index (χ1v) is 5.77. The predicted molar refractivity (Wildman–Crippen MR) is 57.0 cm³/mol. The van der Waals surface area contributed by atoms with Crippen LogP contribution in [0.25, 0.3) is 0 Å². The summed E-state index contributed by atoms with van der Waals surface area (Å²) in [6.45, 7) is 0.483. The molecule has 0 unspecified atom stereocenters. The molecule has 0 aromatic rings. The summed E-state index contributed by atoms with van der Waals surface area (Å²) < 4.78 is 5.09. The molecule has 1 aliphatic carbocycles. The van der Waals surface area contributed by atoms with Crippen LogP contribution in [-0.4, -0.2) is 18.5 Å².